The summed E-state index contributed by atoms with van der Waals surface area (Å²) >= 11 is 0. The Balaban J connectivity index is 2.09. The number of aliphatic hydroxyl groups is 1. The smallest absolute Gasteiger partial charge is 0.155 e. The summed E-state index contributed by atoms with van der Waals surface area (Å²) in [5, 5.41) is 9.51. The molecule has 1 heterocycles. The van der Waals surface area contributed by atoms with Gasteiger partial charge in [0.25, 0.3) is 0 Å². The summed E-state index contributed by atoms with van der Waals surface area (Å²) in [5.41, 5.74) is 0.902. The molecule has 1 fully saturated rings. The molecule has 1 saturated heterocycles. The van der Waals surface area contributed by atoms with Crippen molar-refractivity contribution >= 4 is 16.1 Å². The molecule has 1 aliphatic heterocycles. The number of rotatable bonds is 2. The van der Waals surface area contributed by atoms with Crippen LogP contribution in [0.1, 0.15) is 5.56 Å². The molecule has 0 radical (unpaired) electrons. The molecule has 4 nitrogen and oxygen atoms in total. The Morgan fingerprint density at radius 1 is 1.25 bits per heavy atom. The third-order valence-electron chi connectivity index (χ3n) is 2.51. The third kappa shape index (κ3) is 2.68. The minimum Gasteiger partial charge on any atom is -0.390 e. The SMILES string of the molecule is O=S1(=O)C[C@H](O)[C@H](N=Cc2ccccc2)C1. The molecular formula is C11H13NO3S. The van der Waals surface area contributed by atoms with E-state index in [-0.39, 0.29) is 11.5 Å². The molecule has 0 bridgehead atoms. The number of hydrogen-bond acceptors (Lipinski definition) is 4. The van der Waals surface area contributed by atoms with Crippen LogP contribution in [0.2, 0.25) is 0 Å². The van der Waals surface area contributed by atoms with Gasteiger partial charge in [0.1, 0.15) is 0 Å². The van der Waals surface area contributed by atoms with Crippen LogP contribution in [0.5, 0.6) is 0 Å². The van der Waals surface area contributed by atoms with Gasteiger partial charge >= 0.3 is 0 Å². The number of aliphatic imine (C=N–C) groups is 1. The first kappa shape index (κ1) is 11.3. The predicted octanol–water partition coefficient (Wildman–Crippen LogP) is 0.263. The zero-order valence-electron chi connectivity index (χ0n) is 8.65. The lowest BCUT2D eigenvalue weighted by molar-refractivity contribution is 0.184. The van der Waals surface area contributed by atoms with Crippen LogP contribution < -0.4 is 0 Å². The van der Waals surface area contributed by atoms with E-state index in [4.69, 9.17) is 0 Å². The molecule has 1 N–H and O–H groups in total. The maximum absolute atomic E-state index is 11.2. The first-order valence-electron chi connectivity index (χ1n) is 5.03. The van der Waals surface area contributed by atoms with Gasteiger partial charge in [-0.15, -0.1) is 0 Å². The van der Waals surface area contributed by atoms with Crippen molar-refractivity contribution in [2.75, 3.05) is 11.5 Å². The molecule has 16 heavy (non-hydrogen) atoms. The first-order chi connectivity index (χ1) is 7.57. The summed E-state index contributed by atoms with van der Waals surface area (Å²) in [5.74, 6) is -0.235. The van der Waals surface area contributed by atoms with Gasteiger partial charge in [-0.1, -0.05) is 30.3 Å². The minimum absolute atomic E-state index is 0.0580. The van der Waals surface area contributed by atoms with Gasteiger partial charge in [0.05, 0.1) is 23.7 Å². The van der Waals surface area contributed by atoms with Gasteiger partial charge in [-0.05, 0) is 5.56 Å². The molecule has 5 heteroatoms. The average molecular weight is 239 g/mol. The van der Waals surface area contributed by atoms with E-state index in [9.17, 15) is 13.5 Å². The Morgan fingerprint density at radius 2 is 1.94 bits per heavy atom. The maximum Gasteiger partial charge on any atom is 0.155 e. The summed E-state index contributed by atoms with van der Waals surface area (Å²) < 4.78 is 22.5. The molecule has 0 aromatic heterocycles. The third-order valence-corrected chi connectivity index (χ3v) is 4.21. The lowest BCUT2D eigenvalue weighted by Crippen LogP contribution is -2.21. The second-order valence-corrected chi connectivity index (χ2v) is 6.05. The van der Waals surface area contributed by atoms with E-state index in [1.54, 1.807) is 6.21 Å². The average Bonchev–Trinajstić information content (AvgIpc) is 2.50. The topological polar surface area (TPSA) is 66.7 Å². The molecule has 0 unspecified atom stereocenters. The molecule has 1 aromatic carbocycles. The van der Waals surface area contributed by atoms with Crippen LogP contribution in [-0.4, -0.2) is 43.4 Å². The molecule has 86 valence electrons. The molecular weight excluding hydrogens is 226 g/mol. The van der Waals surface area contributed by atoms with Gasteiger partial charge in [0.15, 0.2) is 9.84 Å². The number of benzene rings is 1. The molecule has 2 rings (SSSR count). The highest BCUT2D eigenvalue weighted by Gasteiger charge is 2.35. The van der Waals surface area contributed by atoms with Gasteiger partial charge in [0.2, 0.25) is 0 Å². The number of aliphatic hydroxyl groups excluding tert-OH is 1. The highest BCUT2D eigenvalue weighted by molar-refractivity contribution is 7.91. The van der Waals surface area contributed by atoms with Gasteiger partial charge in [-0.2, -0.15) is 0 Å². The molecule has 0 saturated carbocycles. The van der Waals surface area contributed by atoms with Gasteiger partial charge in [0, 0.05) is 6.21 Å². The van der Waals surface area contributed by atoms with Crippen molar-refractivity contribution in [1.82, 2.24) is 0 Å². The van der Waals surface area contributed by atoms with E-state index in [0.29, 0.717) is 0 Å². The van der Waals surface area contributed by atoms with Crippen molar-refractivity contribution in [3.63, 3.8) is 0 Å². The summed E-state index contributed by atoms with van der Waals surface area (Å²) in [4.78, 5) is 4.12. The van der Waals surface area contributed by atoms with Crippen LogP contribution >= 0.6 is 0 Å². The summed E-state index contributed by atoms with van der Waals surface area (Å²) in [6.07, 6.45) is 0.735. The normalized spacial score (nSPS) is 28.6. The lowest BCUT2D eigenvalue weighted by atomic mass is 10.2. The fourth-order valence-electron chi connectivity index (χ4n) is 1.67. The van der Waals surface area contributed by atoms with Crippen LogP contribution in [0, 0.1) is 0 Å². The largest absolute Gasteiger partial charge is 0.390 e. The summed E-state index contributed by atoms with van der Waals surface area (Å²) in [7, 11) is -3.11. The lowest BCUT2D eigenvalue weighted by Gasteiger charge is -2.05. The molecule has 1 aromatic rings. The van der Waals surface area contributed by atoms with Crippen LogP contribution in [0.15, 0.2) is 35.3 Å². The van der Waals surface area contributed by atoms with Crippen molar-refractivity contribution in [3.8, 4) is 0 Å². The van der Waals surface area contributed by atoms with Crippen molar-refractivity contribution < 1.29 is 13.5 Å². The maximum atomic E-state index is 11.2. The van der Waals surface area contributed by atoms with Gasteiger partial charge in [-0.3, -0.25) is 4.99 Å². The summed E-state index contributed by atoms with van der Waals surface area (Å²) in [6.45, 7) is 0. The quantitative estimate of drug-likeness (QED) is 0.753. The molecule has 1 aliphatic rings. The van der Waals surface area contributed by atoms with Crippen LogP contribution in [-0.2, 0) is 9.84 Å². The molecule has 2 atom stereocenters. The van der Waals surface area contributed by atoms with Gasteiger partial charge in [-0.25, -0.2) is 8.42 Å². The first-order valence-corrected chi connectivity index (χ1v) is 6.86. The highest BCUT2D eigenvalue weighted by Crippen LogP contribution is 2.15. The number of hydrogen-bond donors (Lipinski definition) is 1. The van der Waals surface area contributed by atoms with E-state index >= 15 is 0 Å². The Hall–Kier alpha value is -1.20. The molecule has 0 spiro atoms. The zero-order valence-corrected chi connectivity index (χ0v) is 9.47. The minimum atomic E-state index is -3.11. The fraction of sp³-hybridized carbons (Fsp3) is 0.364. The Morgan fingerprint density at radius 3 is 2.50 bits per heavy atom. The Bertz CT molecular complexity index is 481. The monoisotopic (exact) mass is 239 g/mol. The fourth-order valence-corrected chi connectivity index (χ4v) is 3.38. The Labute approximate surface area is 94.6 Å². The Kier molecular flexibility index (Phi) is 3.07. The van der Waals surface area contributed by atoms with Gasteiger partial charge < -0.3 is 5.11 Å². The number of nitrogens with zero attached hydrogens (tertiary/aromatic N) is 1. The van der Waals surface area contributed by atoms with E-state index in [1.165, 1.54) is 0 Å². The van der Waals surface area contributed by atoms with E-state index in [2.05, 4.69) is 4.99 Å². The van der Waals surface area contributed by atoms with Crippen molar-refractivity contribution in [1.29, 1.82) is 0 Å². The van der Waals surface area contributed by atoms with Crippen LogP contribution in [0.4, 0.5) is 0 Å². The van der Waals surface area contributed by atoms with Crippen molar-refractivity contribution in [3.05, 3.63) is 35.9 Å². The standard InChI is InChI=1S/C11H13NO3S/c13-11-8-16(14,15)7-10(11)12-6-9-4-2-1-3-5-9/h1-6,10-11,13H,7-8H2/t10-,11+/m1/s1. The van der Waals surface area contributed by atoms with Crippen LogP contribution in [0.3, 0.4) is 0 Å². The van der Waals surface area contributed by atoms with Crippen LogP contribution in [0.25, 0.3) is 0 Å². The second-order valence-electron chi connectivity index (χ2n) is 3.90. The predicted molar refractivity (Wildman–Crippen MR) is 62.5 cm³/mol. The van der Waals surface area contributed by atoms with E-state index in [1.807, 2.05) is 30.3 Å². The number of sulfone groups is 1. The highest BCUT2D eigenvalue weighted by atomic mass is 32.2. The molecule has 0 aliphatic carbocycles. The zero-order chi connectivity index (χ0) is 11.6. The van der Waals surface area contributed by atoms with E-state index < -0.39 is 22.0 Å². The van der Waals surface area contributed by atoms with Crippen molar-refractivity contribution in [2.24, 2.45) is 4.99 Å². The summed E-state index contributed by atoms with van der Waals surface area (Å²) in [6, 6.07) is 8.88. The molecule has 0 amide bonds. The second kappa shape index (κ2) is 4.35. The van der Waals surface area contributed by atoms with E-state index in [0.717, 1.165) is 5.56 Å². The van der Waals surface area contributed by atoms with Crippen molar-refractivity contribution in [2.45, 2.75) is 12.1 Å².